The Bertz CT molecular complexity index is 934. The monoisotopic (exact) mass is 466 g/mol. The number of aryl methyl sites for hydroxylation is 1. The van der Waals surface area contributed by atoms with E-state index in [1.54, 1.807) is 0 Å². The van der Waals surface area contributed by atoms with Gasteiger partial charge in [-0.1, -0.05) is 43.1 Å². The van der Waals surface area contributed by atoms with Crippen LogP contribution in [0, 0.1) is 0 Å². The Kier molecular flexibility index (Phi) is 13.2. The molecule has 0 unspecified atom stereocenters. The van der Waals surface area contributed by atoms with Crippen molar-refractivity contribution >= 4 is 17.5 Å². The minimum atomic E-state index is -0.361. The molecule has 1 aromatic carbocycles. The van der Waals surface area contributed by atoms with E-state index in [0.29, 0.717) is 17.7 Å². The second-order valence-corrected chi connectivity index (χ2v) is 8.69. The minimum Gasteiger partial charge on any atom is -0.508 e. The summed E-state index contributed by atoms with van der Waals surface area (Å²) in [5.74, 6) is 0.0933. The van der Waals surface area contributed by atoms with Crippen LogP contribution in [0.1, 0.15) is 77.8 Å². The molecule has 0 amide bonds. The number of hydrogen-bond donors (Lipinski definition) is 1. The molecular weight excluding hydrogens is 428 g/mol. The molecule has 0 radical (unpaired) electrons. The molecule has 2 rings (SSSR count). The van der Waals surface area contributed by atoms with Gasteiger partial charge in [0.15, 0.2) is 11.6 Å². The zero-order valence-corrected chi connectivity index (χ0v) is 21.1. The van der Waals surface area contributed by atoms with Gasteiger partial charge in [-0.15, -0.1) is 0 Å². The number of ether oxygens (including phenoxy) is 1. The van der Waals surface area contributed by atoms with Crippen LogP contribution in [0.15, 0.2) is 59.7 Å². The van der Waals surface area contributed by atoms with Crippen molar-refractivity contribution in [3.05, 3.63) is 70.9 Å². The summed E-state index contributed by atoms with van der Waals surface area (Å²) in [6.45, 7) is 9.86. The first-order valence-electron chi connectivity index (χ1n) is 11.9. The van der Waals surface area contributed by atoms with Crippen LogP contribution in [0.3, 0.4) is 0 Å². The number of phenols is 1. The van der Waals surface area contributed by atoms with Gasteiger partial charge in [-0.3, -0.25) is 14.4 Å². The summed E-state index contributed by atoms with van der Waals surface area (Å²) in [5.41, 5.74) is 4.29. The van der Waals surface area contributed by atoms with Gasteiger partial charge in [-0.2, -0.15) is 0 Å². The molecule has 0 fully saturated rings. The lowest BCUT2D eigenvalue weighted by molar-refractivity contribution is -0.132. The summed E-state index contributed by atoms with van der Waals surface area (Å²) >= 11 is 0. The first-order chi connectivity index (χ1) is 16.1. The van der Waals surface area contributed by atoms with Crippen molar-refractivity contribution in [3.63, 3.8) is 0 Å². The zero-order valence-electron chi connectivity index (χ0n) is 21.1. The molecule has 34 heavy (non-hydrogen) atoms. The maximum Gasteiger partial charge on any atom is 0.308 e. The SMILES string of the molecule is CCCCCc1cc(O)c(C/C=C(\C)CCC=C(C)C)c(OC(C)=O)c1.O=C1C=CC(=O)C=C1. The van der Waals surface area contributed by atoms with Crippen LogP contribution < -0.4 is 4.74 Å². The van der Waals surface area contributed by atoms with Gasteiger partial charge in [-0.25, -0.2) is 0 Å². The van der Waals surface area contributed by atoms with Crippen molar-refractivity contribution in [2.75, 3.05) is 0 Å². The van der Waals surface area contributed by atoms with E-state index >= 15 is 0 Å². The molecule has 5 heteroatoms. The zero-order chi connectivity index (χ0) is 25.5. The molecule has 0 heterocycles. The molecule has 0 aromatic heterocycles. The van der Waals surface area contributed by atoms with E-state index in [1.807, 2.05) is 12.1 Å². The van der Waals surface area contributed by atoms with Gasteiger partial charge in [0.05, 0.1) is 0 Å². The number of carbonyl (C=O) groups is 3. The van der Waals surface area contributed by atoms with Gasteiger partial charge < -0.3 is 9.84 Å². The molecule has 1 N–H and O–H groups in total. The first-order valence-corrected chi connectivity index (χ1v) is 11.9. The fraction of sp³-hybridized carbons (Fsp3) is 0.414. The Labute approximate surface area is 203 Å². The van der Waals surface area contributed by atoms with Gasteiger partial charge in [0.25, 0.3) is 0 Å². The number of ketones is 2. The van der Waals surface area contributed by atoms with Crippen LogP contribution in [0.2, 0.25) is 0 Å². The van der Waals surface area contributed by atoms with Crippen LogP contribution in [0.5, 0.6) is 11.5 Å². The van der Waals surface area contributed by atoms with Crippen LogP contribution in [0.4, 0.5) is 0 Å². The topological polar surface area (TPSA) is 80.7 Å². The summed E-state index contributed by atoms with van der Waals surface area (Å²) in [7, 11) is 0. The van der Waals surface area contributed by atoms with Crippen LogP contribution >= 0.6 is 0 Å². The maximum absolute atomic E-state index is 11.5. The first kappa shape index (κ1) is 28.8. The third kappa shape index (κ3) is 12.1. The summed E-state index contributed by atoms with van der Waals surface area (Å²) in [4.78, 5) is 32.0. The molecule has 1 aromatic rings. The van der Waals surface area contributed by atoms with Gasteiger partial charge in [-0.05, 0) is 94.9 Å². The van der Waals surface area contributed by atoms with Gasteiger partial charge in [0, 0.05) is 12.5 Å². The molecule has 0 spiro atoms. The number of hydrogen-bond acceptors (Lipinski definition) is 5. The average molecular weight is 467 g/mol. The van der Waals surface area contributed by atoms with Crippen molar-refractivity contribution in [2.45, 2.75) is 79.6 Å². The van der Waals surface area contributed by atoms with Crippen LogP contribution in [0.25, 0.3) is 0 Å². The van der Waals surface area contributed by atoms with Crippen LogP contribution in [-0.2, 0) is 27.2 Å². The Hall–Kier alpha value is -3.21. The molecule has 5 nitrogen and oxygen atoms in total. The van der Waals surface area contributed by atoms with Crippen molar-refractivity contribution in [1.29, 1.82) is 0 Å². The summed E-state index contributed by atoms with van der Waals surface area (Å²) < 4.78 is 5.38. The number of allylic oxidation sites excluding steroid dienone is 8. The highest BCUT2D eigenvalue weighted by Gasteiger charge is 2.13. The van der Waals surface area contributed by atoms with Crippen molar-refractivity contribution in [3.8, 4) is 11.5 Å². The molecule has 1 aliphatic carbocycles. The van der Waals surface area contributed by atoms with Crippen molar-refractivity contribution < 1.29 is 24.2 Å². The Balaban J connectivity index is 0.000000605. The minimum absolute atomic E-state index is 0.121. The highest BCUT2D eigenvalue weighted by Crippen LogP contribution is 2.32. The number of esters is 1. The second-order valence-electron chi connectivity index (χ2n) is 8.69. The van der Waals surface area contributed by atoms with E-state index in [9.17, 15) is 19.5 Å². The number of phenolic OH excluding ortho intramolecular Hbond substituents is 1. The highest BCUT2D eigenvalue weighted by molar-refractivity contribution is 6.14. The smallest absolute Gasteiger partial charge is 0.308 e. The molecular formula is C29H38O5. The van der Waals surface area contributed by atoms with E-state index in [4.69, 9.17) is 4.74 Å². The second kappa shape index (κ2) is 15.6. The molecule has 0 aliphatic heterocycles. The van der Waals surface area contributed by atoms with E-state index < -0.39 is 0 Å². The summed E-state index contributed by atoms with van der Waals surface area (Å²) in [6.07, 6.45) is 16.2. The van der Waals surface area contributed by atoms with Crippen molar-refractivity contribution in [2.24, 2.45) is 0 Å². The molecule has 0 bridgehead atoms. The molecule has 0 atom stereocenters. The number of carbonyl (C=O) groups excluding carboxylic acids is 3. The number of unbranched alkanes of at least 4 members (excludes halogenated alkanes) is 2. The maximum atomic E-state index is 11.5. The average Bonchev–Trinajstić information content (AvgIpc) is 2.75. The molecule has 0 saturated heterocycles. The normalized spacial score (nSPS) is 12.8. The summed E-state index contributed by atoms with van der Waals surface area (Å²) in [6, 6.07) is 3.71. The Morgan fingerprint density at radius 2 is 1.56 bits per heavy atom. The van der Waals surface area contributed by atoms with Gasteiger partial charge in [0.2, 0.25) is 0 Å². The van der Waals surface area contributed by atoms with Gasteiger partial charge >= 0.3 is 5.97 Å². The molecule has 1 aliphatic rings. The number of rotatable bonds is 10. The standard InChI is InChI=1S/C23H34O3.C6H4O2/c1-6-7-8-12-20-15-22(25)21(23(16-20)26-19(5)24)14-13-18(4)11-9-10-17(2)3;7-5-1-2-6(8)4-3-5/h10,13,15-16,25H,6-9,11-12,14H2,1-5H3;1-4H/b18-13+;. The number of aromatic hydroxyl groups is 1. The van der Waals surface area contributed by atoms with Crippen LogP contribution in [-0.4, -0.2) is 22.6 Å². The summed E-state index contributed by atoms with van der Waals surface area (Å²) in [5, 5.41) is 10.5. The molecule has 184 valence electrons. The van der Waals surface area contributed by atoms with E-state index in [0.717, 1.165) is 44.1 Å². The van der Waals surface area contributed by atoms with E-state index in [2.05, 4.69) is 39.8 Å². The lowest BCUT2D eigenvalue weighted by Crippen LogP contribution is -2.05. The Morgan fingerprint density at radius 1 is 0.941 bits per heavy atom. The lowest BCUT2D eigenvalue weighted by atomic mass is 10.00. The Morgan fingerprint density at radius 3 is 2.09 bits per heavy atom. The third-order valence-corrected chi connectivity index (χ3v) is 5.14. The van der Waals surface area contributed by atoms with Crippen molar-refractivity contribution in [1.82, 2.24) is 0 Å². The van der Waals surface area contributed by atoms with Gasteiger partial charge in [0.1, 0.15) is 11.5 Å². The largest absolute Gasteiger partial charge is 0.508 e. The lowest BCUT2D eigenvalue weighted by Gasteiger charge is -2.13. The van der Waals surface area contributed by atoms with E-state index in [-0.39, 0.29) is 23.3 Å². The number of benzene rings is 1. The fourth-order valence-corrected chi connectivity index (χ4v) is 3.27. The molecule has 0 saturated carbocycles. The quantitative estimate of drug-likeness (QED) is 0.139. The van der Waals surface area contributed by atoms with E-state index in [1.165, 1.54) is 42.4 Å². The highest BCUT2D eigenvalue weighted by atomic mass is 16.5. The fourth-order valence-electron chi connectivity index (χ4n) is 3.27. The third-order valence-electron chi connectivity index (χ3n) is 5.14. The predicted octanol–water partition coefficient (Wildman–Crippen LogP) is 6.54. The predicted molar refractivity (Wildman–Crippen MR) is 137 cm³/mol.